The summed E-state index contributed by atoms with van der Waals surface area (Å²) >= 11 is 0. The average Bonchev–Trinajstić information content (AvgIpc) is 2.70. The molecule has 14 heavy (non-hydrogen) atoms. The van der Waals surface area contributed by atoms with Crippen LogP contribution in [0, 0.1) is 0 Å². The first-order valence-corrected chi connectivity index (χ1v) is 4.16. The number of hydrogen-bond acceptors (Lipinski definition) is 5. The van der Waals surface area contributed by atoms with Crippen LogP contribution in [0.4, 0.5) is 0 Å². The largest absolute Gasteiger partial charge is 0.394 e. The van der Waals surface area contributed by atoms with Gasteiger partial charge in [0, 0.05) is 6.54 Å². The van der Waals surface area contributed by atoms with Crippen LogP contribution in [0.1, 0.15) is 10.6 Å². The zero-order valence-electron chi connectivity index (χ0n) is 7.56. The Bertz CT molecular complexity index is 262. The summed E-state index contributed by atoms with van der Waals surface area (Å²) < 4.78 is 4.94. The number of carbonyl (C=O) groups is 1. The number of amides is 1. The monoisotopic (exact) mass is 200 g/mol. The molecule has 0 saturated heterocycles. The number of nitrogens with one attached hydrogen (secondary N) is 2. The van der Waals surface area contributed by atoms with Gasteiger partial charge in [-0.1, -0.05) is 0 Å². The van der Waals surface area contributed by atoms with Gasteiger partial charge >= 0.3 is 0 Å². The summed E-state index contributed by atoms with van der Waals surface area (Å²) in [5.41, 5.74) is 0. The van der Waals surface area contributed by atoms with E-state index in [4.69, 9.17) is 9.84 Å². The number of aromatic amines is 1. The second kappa shape index (κ2) is 6.06. The van der Waals surface area contributed by atoms with Gasteiger partial charge in [0.25, 0.3) is 5.91 Å². The van der Waals surface area contributed by atoms with Gasteiger partial charge in [0.2, 0.25) is 5.82 Å². The molecule has 1 aromatic rings. The van der Waals surface area contributed by atoms with Crippen molar-refractivity contribution in [1.29, 1.82) is 0 Å². The Morgan fingerprint density at radius 3 is 3.14 bits per heavy atom. The van der Waals surface area contributed by atoms with E-state index < -0.39 is 0 Å². The number of rotatable bonds is 6. The molecule has 1 rings (SSSR count). The van der Waals surface area contributed by atoms with Crippen molar-refractivity contribution in [1.82, 2.24) is 20.5 Å². The maximum Gasteiger partial charge on any atom is 0.288 e. The third-order valence-electron chi connectivity index (χ3n) is 1.40. The number of hydrogen-bond donors (Lipinski definition) is 3. The molecular formula is C7H12N4O3. The molecule has 0 aromatic carbocycles. The van der Waals surface area contributed by atoms with Crippen LogP contribution in [-0.4, -0.2) is 52.6 Å². The molecule has 1 heterocycles. The van der Waals surface area contributed by atoms with Crippen molar-refractivity contribution in [3.05, 3.63) is 12.2 Å². The topological polar surface area (TPSA) is 100 Å². The number of aliphatic hydroxyl groups excluding tert-OH is 1. The summed E-state index contributed by atoms with van der Waals surface area (Å²) in [4.78, 5) is 14.9. The van der Waals surface area contributed by atoms with Crippen molar-refractivity contribution in [2.75, 3.05) is 26.4 Å². The van der Waals surface area contributed by atoms with E-state index >= 15 is 0 Å². The van der Waals surface area contributed by atoms with E-state index in [-0.39, 0.29) is 24.9 Å². The lowest BCUT2D eigenvalue weighted by Gasteiger charge is -2.02. The van der Waals surface area contributed by atoms with E-state index in [2.05, 4.69) is 20.5 Å². The highest BCUT2D eigenvalue weighted by molar-refractivity contribution is 5.90. The minimum atomic E-state index is -0.324. The Morgan fingerprint density at radius 2 is 2.50 bits per heavy atom. The molecule has 78 valence electrons. The van der Waals surface area contributed by atoms with Gasteiger partial charge in [0.15, 0.2) is 0 Å². The van der Waals surface area contributed by atoms with Gasteiger partial charge in [0.1, 0.15) is 6.33 Å². The second-order valence-corrected chi connectivity index (χ2v) is 2.43. The standard InChI is InChI=1S/C7H12N4O3/c12-2-4-14-3-1-8-7(13)6-9-5-10-11-6/h5,12H,1-4H2,(H,8,13)(H,9,10,11). The van der Waals surface area contributed by atoms with Gasteiger partial charge in [-0.25, -0.2) is 4.98 Å². The number of aliphatic hydroxyl groups is 1. The van der Waals surface area contributed by atoms with Crippen LogP contribution in [0.5, 0.6) is 0 Å². The van der Waals surface area contributed by atoms with Crippen molar-refractivity contribution in [3.63, 3.8) is 0 Å². The lowest BCUT2D eigenvalue weighted by atomic mass is 10.5. The molecule has 0 bridgehead atoms. The fourth-order valence-corrected chi connectivity index (χ4v) is 0.802. The summed E-state index contributed by atoms with van der Waals surface area (Å²) in [7, 11) is 0. The quantitative estimate of drug-likeness (QED) is 0.487. The molecule has 3 N–H and O–H groups in total. The summed E-state index contributed by atoms with van der Waals surface area (Å²) in [5, 5.41) is 16.9. The number of nitrogens with zero attached hydrogens (tertiary/aromatic N) is 2. The molecule has 1 amide bonds. The third-order valence-corrected chi connectivity index (χ3v) is 1.40. The molecule has 0 aliphatic rings. The van der Waals surface area contributed by atoms with Crippen molar-refractivity contribution in [2.45, 2.75) is 0 Å². The minimum Gasteiger partial charge on any atom is -0.394 e. The maximum atomic E-state index is 11.2. The summed E-state index contributed by atoms with van der Waals surface area (Å²) in [5.74, 6) is -0.151. The first kappa shape index (κ1) is 10.6. The molecule has 0 spiro atoms. The van der Waals surface area contributed by atoms with Crippen molar-refractivity contribution >= 4 is 5.91 Å². The van der Waals surface area contributed by atoms with Gasteiger partial charge in [0.05, 0.1) is 19.8 Å². The van der Waals surface area contributed by atoms with Crippen LogP contribution in [0.15, 0.2) is 6.33 Å². The Morgan fingerprint density at radius 1 is 1.64 bits per heavy atom. The Labute approximate surface area is 80.5 Å². The zero-order chi connectivity index (χ0) is 10.2. The van der Waals surface area contributed by atoms with Gasteiger partial charge in [-0.2, -0.15) is 5.10 Å². The molecule has 0 fully saturated rings. The fourth-order valence-electron chi connectivity index (χ4n) is 0.802. The van der Waals surface area contributed by atoms with E-state index in [1.54, 1.807) is 0 Å². The van der Waals surface area contributed by atoms with Crippen LogP contribution >= 0.6 is 0 Å². The van der Waals surface area contributed by atoms with Gasteiger partial charge < -0.3 is 15.2 Å². The number of H-pyrrole nitrogens is 1. The molecule has 0 radical (unpaired) electrons. The lowest BCUT2D eigenvalue weighted by molar-refractivity contribution is 0.0832. The third kappa shape index (κ3) is 3.50. The SMILES string of the molecule is O=C(NCCOCCO)c1ncn[nH]1. The zero-order valence-corrected chi connectivity index (χ0v) is 7.56. The molecule has 0 saturated carbocycles. The van der Waals surface area contributed by atoms with Crippen LogP contribution < -0.4 is 5.32 Å². The molecule has 0 aliphatic carbocycles. The normalized spacial score (nSPS) is 10.1. The number of aromatic nitrogens is 3. The Hall–Kier alpha value is -1.47. The summed E-state index contributed by atoms with van der Waals surface area (Å²) in [6.45, 7) is 0.994. The van der Waals surface area contributed by atoms with Crippen LogP contribution in [-0.2, 0) is 4.74 Å². The highest BCUT2D eigenvalue weighted by Crippen LogP contribution is 1.83. The first-order valence-electron chi connectivity index (χ1n) is 4.16. The van der Waals surface area contributed by atoms with Crippen LogP contribution in [0.3, 0.4) is 0 Å². The molecule has 7 heteroatoms. The van der Waals surface area contributed by atoms with E-state index in [1.165, 1.54) is 6.33 Å². The summed E-state index contributed by atoms with van der Waals surface area (Å²) in [6.07, 6.45) is 1.26. The minimum absolute atomic E-state index is 0.0178. The average molecular weight is 200 g/mol. The predicted octanol–water partition coefficient (Wildman–Crippen LogP) is -1.46. The molecule has 0 aliphatic heterocycles. The molecule has 0 atom stereocenters. The first-order chi connectivity index (χ1) is 6.84. The molecule has 7 nitrogen and oxygen atoms in total. The van der Waals surface area contributed by atoms with Crippen molar-refractivity contribution < 1.29 is 14.6 Å². The van der Waals surface area contributed by atoms with Crippen molar-refractivity contribution in [2.24, 2.45) is 0 Å². The Balaban J connectivity index is 2.10. The van der Waals surface area contributed by atoms with E-state index in [0.717, 1.165) is 0 Å². The highest BCUT2D eigenvalue weighted by atomic mass is 16.5. The molecular weight excluding hydrogens is 188 g/mol. The van der Waals surface area contributed by atoms with E-state index in [9.17, 15) is 4.79 Å². The van der Waals surface area contributed by atoms with Gasteiger partial charge in [-0.15, -0.1) is 0 Å². The second-order valence-electron chi connectivity index (χ2n) is 2.43. The van der Waals surface area contributed by atoms with E-state index in [0.29, 0.717) is 13.2 Å². The van der Waals surface area contributed by atoms with Crippen molar-refractivity contribution in [3.8, 4) is 0 Å². The maximum absolute atomic E-state index is 11.2. The number of carbonyl (C=O) groups excluding carboxylic acids is 1. The van der Waals surface area contributed by atoms with E-state index in [1.807, 2.05) is 0 Å². The summed E-state index contributed by atoms with van der Waals surface area (Å²) in [6, 6.07) is 0. The number of ether oxygens (including phenoxy) is 1. The highest BCUT2D eigenvalue weighted by Gasteiger charge is 2.06. The van der Waals surface area contributed by atoms with Gasteiger partial charge in [-0.3, -0.25) is 9.89 Å². The smallest absolute Gasteiger partial charge is 0.288 e. The van der Waals surface area contributed by atoms with Crippen LogP contribution in [0.2, 0.25) is 0 Å². The van der Waals surface area contributed by atoms with Gasteiger partial charge in [-0.05, 0) is 0 Å². The molecule has 0 unspecified atom stereocenters. The molecule has 1 aromatic heterocycles. The van der Waals surface area contributed by atoms with Crippen LogP contribution in [0.25, 0.3) is 0 Å². The lowest BCUT2D eigenvalue weighted by Crippen LogP contribution is -2.28. The predicted molar refractivity (Wildman–Crippen MR) is 46.6 cm³/mol. The Kier molecular flexibility index (Phi) is 4.59. The fraction of sp³-hybridized carbons (Fsp3) is 0.571.